The minimum atomic E-state index is -0.354. The van der Waals surface area contributed by atoms with Gasteiger partial charge >= 0.3 is 0 Å². The summed E-state index contributed by atoms with van der Waals surface area (Å²) in [6.07, 6.45) is 2.56. The maximum absolute atomic E-state index is 13.5. The molecule has 1 aliphatic rings. The Bertz CT molecular complexity index is 1180. The van der Waals surface area contributed by atoms with Crippen LogP contribution in [0.5, 0.6) is 5.75 Å². The lowest BCUT2D eigenvalue weighted by Gasteiger charge is -2.42. The van der Waals surface area contributed by atoms with Crippen LogP contribution >= 0.6 is 11.6 Å². The van der Waals surface area contributed by atoms with E-state index in [-0.39, 0.29) is 23.1 Å². The van der Waals surface area contributed by atoms with Gasteiger partial charge in [0.15, 0.2) is 0 Å². The van der Waals surface area contributed by atoms with Crippen molar-refractivity contribution in [1.29, 1.82) is 0 Å². The molecule has 1 heterocycles. The highest BCUT2D eigenvalue weighted by molar-refractivity contribution is 6.30. The number of benzene rings is 3. The monoisotopic (exact) mass is 532 g/mol. The molecule has 200 valence electrons. The first-order valence-corrected chi connectivity index (χ1v) is 13.8. The van der Waals surface area contributed by atoms with Crippen molar-refractivity contribution in [3.8, 4) is 5.75 Å². The summed E-state index contributed by atoms with van der Waals surface area (Å²) >= 11 is 6.04. The number of hydrogen-bond acceptors (Lipinski definition) is 3. The van der Waals surface area contributed by atoms with Gasteiger partial charge in [0.05, 0.1) is 12.5 Å². The quantitative estimate of drug-likeness (QED) is 0.297. The normalized spacial score (nSPS) is 15.5. The van der Waals surface area contributed by atoms with Gasteiger partial charge in [-0.25, -0.2) is 0 Å². The lowest BCUT2D eigenvalue weighted by atomic mass is 9.75. The van der Waals surface area contributed by atoms with E-state index in [2.05, 4.69) is 6.92 Å². The first kappa shape index (κ1) is 27.7. The molecule has 0 saturated carbocycles. The van der Waals surface area contributed by atoms with Gasteiger partial charge in [-0.2, -0.15) is 0 Å². The van der Waals surface area contributed by atoms with Crippen LogP contribution in [0, 0.1) is 5.41 Å². The molecule has 0 aliphatic carbocycles. The third-order valence-corrected chi connectivity index (χ3v) is 7.87. The zero-order valence-electron chi connectivity index (χ0n) is 22.3. The molecule has 1 saturated heterocycles. The van der Waals surface area contributed by atoms with E-state index >= 15 is 0 Å². The van der Waals surface area contributed by atoms with Crippen LogP contribution < -0.4 is 4.74 Å². The van der Waals surface area contributed by atoms with Crippen LogP contribution in [0.3, 0.4) is 0 Å². The highest BCUT2D eigenvalue weighted by Crippen LogP contribution is 2.38. The topological polar surface area (TPSA) is 49.9 Å². The number of likely N-dealkylation sites (tertiary alicyclic amines) is 1. The van der Waals surface area contributed by atoms with Crippen molar-refractivity contribution in [2.24, 2.45) is 5.41 Å². The van der Waals surface area contributed by atoms with Crippen LogP contribution in [0.1, 0.15) is 49.7 Å². The van der Waals surface area contributed by atoms with Crippen molar-refractivity contribution in [2.45, 2.75) is 45.1 Å². The van der Waals surface area contributed by atoms with Gasteiger partial charge in [-0.1, -0.05) is 79.2 Å². The van der Waals surface area contributed by atoms with E-state index in [9.17, 15) is 9.59 Å². The van der Waals surface area contributed by atoms with E-state index in [1.165, 1.54) is 0 Å². The van der Waals surface area contributed by atoms with E-state index < -0.39 is 0 Å². The molecule has 38 heavy (non-hydrogen) atoms. The number of piperidine rings is 1. The van der Waals surface area contributed by atoms with E-state index in [1.54, 1.807) is 17.0 Å². The van der Waals surface area contributed by atoms with Crippen molar-refractivity contribution < 1.29 is 14.3 Å². The van der Waals surface area contributed by atoms with Crippen molar-refractivity contribution in [3.63, 3.8) is 0 Å². The highest BCUT2D eigenvalue weighted by atomic mass is 35.5. The molecular formula is C32H37ClN2O3. The van der Waals surface area contributed by atoms with Gasteiger partial charge in [-0.05, 0) is 54.7 Å². The van der Waals surface area contributed by atoms with E-state index in [0.29, 0.717) is 50.5 Å². The summed E-state index contributed by atoms with van der Waals surface area (Å²) in [5.41, 5.74) is 1.80. The molecule has 0 unspecified atom stereocenters. The van der Waals surface area contributed by atoms with Crippen LogP contribution in [0.15, 0.2) is 84.9 Å². The molecule has 0 aromatic heterocycles. The summed E-state index contributed by atoms with van der Waals surface area (Å²) < 4.78 is 6.20. The second kappa shape index (κ2) is 13.0. The summed E-state index contributed by atoms with van der Waals surface area (Å²) in [5.74, 6) is 0.836. The number of carbonyl (C=O) groups excluding carboxylic acids is 2. The van der Waals surface area contributed by atoms with Gasteiger partial charge in [0.25, 0.3) is 0 Å². The zero-order valence-corrected chi connectivity index (χ0v) is 23.1. The fraction of sp³-hybridized carbons (Fsp3) is 0.375. The maximum Gasteiger partial charge on any atom is 0.230 e. The van der Waals surface area contributed by atoms with Crippen LogP contribution in [-0.2, 0) is 16.1 Å². The molecule has 1 atom stereocenters. The van der Waals surface area contributed by atoms with Crippen molar-refractivity contribution in [1.82, 2.24) is 9.80 Å². The minimum absolute atomic E-state index is 0.0871. The van der Waals surface area contributed by atoms with Crippen LogP contribution in [0.25, 0.3) is 0 Å². The average molecular weight is 533 g/mol. The number of hydrogen-bond donors (Lipinski definition) is 0. The Morgan fingerprint density at radius 2 is 1.55 bits per heavy atom. The Morgan fingerprint density at radius 1 is 0.947 bits per heavy atom. The van der Waals surface area contributed by atoms with E-state index in [0.717, 1.165) is 23.3 Å². The standard InChI is InChI=1S/C32H37ClN2O3/c1-3-29(26-12-8-5-9-13-26)31(37)35-20-18-32(19-21-35,24-38-28-16-14-27(33)15-17-28)22-30(36)34(2)23-25-10-6-4-7-11-25/h4-17,29H,3,18-24H2,1-2H3/t29-/m1/s1. The van der Waals surface area contributed by atoms with E-state index in [1.807, 2.05) is 84.7 Å². The molecule has 4 rings (SSSR count). The van der Waals surface area contributed by atoms with Crippen LogP contribution in [0.2, 0.25) is 5.02 Å². The maximum atomic E-state index is 13.5. The summed E-state index contributed by atoms with van der Waals surface area (Å²) in [6, 6.07) is 27.3. The lowest BCUT2D eigenvalue weighted by molar-refractivity contribution is -0.138. The fourth-order valence-corrected chi connectivity index (χ4v) is 5.33. The lowest BCUT2D eigenvalue weighted by Crippen LogP contribution is -2.48. The molecule has 5 nitrogen and oxygen atoms in total. The largest absolute Gasteiger partial charge is 0.493 e. The molecule has 0 N–H and O–H groups in total. The molecule has 3 aromatic rings. The molecule has 0 bridgehead atoms. The highest BCUT2D eigenvalue weighted by Gasteiger charge is 2.40. The smallest absolute Gasteiger partial charge is 0.230 e. The van der Waals surface area contributed by atoms with Crippen molar-refractivity contribution >= 4 is 23.4 Å². The summed E-state index contributed by atoms with van der Waals surface area (Å²) in [6.45, 7) is 4.26. The summed E-state index contributed by atoms with van der Waals surface area (Å²) in [7, 11) is 1.85. The van der Waals surface area contributed by atoms with Crippen molar-refractivity contribution in [2.75, 3.05) is 26.7 Å². The van der Waals surface area contributed by atoms with Crippen molar-refractivity contribution in [3.05, 3.63) is 101 Å². The van der Waals surface area contributed by atoms with Gasteiger partial charge in [-0.15, -0.1) is 0 Å². The Morgan fingerprint density at radius 3 is 2.16 bits per heavy atom. The van der Waals surface area contributed by atoms with Gasteiger partial charge in [0.2, 0.25) is 11.8 Å². The first-order chi connectivity index (χ1) is 18.4. The molecule has 0 radical (unpaired) electrons. The molecule has 2 amide bonds. The first-order valence-electron chi connectivity index (χ1n) is 13.4. The second-order valence-electron chi connectivity index (χ2n) is 10.4. The van der Waals surface area contributed by atoms with Crippen LogP contribution in [-0.4, -0.2) is 48.4 Å². The number of amides is 2. The molecule has 3 aromatic carbocycles. The Labute approximate surface area is 231 Å². The number of rotatable bonds is 10. The zero-order chi connectivity index (χ0) is 27.0. The number of halogens is 1. The summed E-state index contributed by atoms with van der Waals surface area (Å²) in [4.78, 5) is 30.7. The predicted octanol–water partition coefficient (Wildman–Crippen LogP) is 6.57. The minimum Gasteiger partial charge on any atom is -0.493 e. The molecule has 6 heteroatoms. The van der Waals surface area contributed by atoms with Gasteiger partial charge in [0.1, 0.15) is 5.75 Å². The number of ether oxygens (including phenoxy) is 1. The molecule has 1 aliphatic heterocycles. The number of nitrogens with zero attached hydrogens (tertiary/aromatic N) is 2. The third kappa shape index (κ3) is 7.16. The molecule has 1 fully saturated rings. The Balaban J connectivity index is 1.45. The van der Waals surface area contributed by atoms with Crippen LogP contribution in [0.4, 0.5) is 0 Å². The summed E-state index contributed by atoms with van der Waals surface area (Å²) in [5, 5.41) is 0.653. The van der Waals surface area contributed by atoms with Gasteiger partial charge in [0, 0.05) is 43.5 Å². The Kier molecular flexibility index (Phi) is 9.46. The fourth-order valence-electron chi connectivity index (χ4n) is 5.20. The second-order valence-corrected chi connectivity index (χ2v) is 10.8. The molecule has 0 spiro atoms. The third-order valence-electron chi connectivity index (χ3n) is 7.62. The average Bonchev–Trinajstić information content (AvgIpc) is 2.94. The Hall–Kier alpha value is -3.31. The number of carbonyl (C=O) groups is 2. The predicted molar refractivity (Wildman–Crippen MR) is 152 cm³/mol. The van der Waals surface area contributed by atoms with E-state index in [4.69, 9.17) is 16.3 Å². The SMILES string of the molecule is CC[C@@H](C(=O)N1CCC(COc2ccc(Cl)cc2)(CC(=O)N(C)Cc2ccccc2)CC1)c1ccccc1. The van der Waals surface area contributed by atoms with Gasteiger partial charge in [-0.3, -0.25) is 9.59 Å². The molecular weight excluding hydrogens is 496 g/mol. The van der Waals surface area contributed by atoms with Gasteiger partial charge < -0.3 is 14.5 Å².